The number of hydrogen-bond donors (Lipinski definition) is 2. The maximum Gasteiger partial charge on any atom is 0.290 e. The lowest BCUT2D eigenvalue weighted by atomic mass is 10.1. The Balaban J connectivity index is 0.00000225. The van der Waals surface area contributed by atoms with Gasteiger partial charge in [-0.05, 0) is 44.2 Å². The first kappa shape index (κ1) is 19.6. The SMILES string of the molecule is CC(C)Oc1cccc(C=C2SC(=O)NC2=O)c1N1CCC(N)C1.Cl. The lowest BCUT2D eigenvalue weighted by molar-refractivity contribution is -0.115. The molecule has 25 heavy (non-hydrogen) atoms. The quantitative estimate of drug-likeness (QED) is 0.778. The average Bonchev–Trinajstić information content (AvgIpc) is 3.04. The van der Waals surface area contributed by atoms with Gasteiger partial charge in [-0.15, -0.1) is 12.4 Å². The van der Waals surface area contributed by atoms with Crippen molar-refractivity contribution in [2.45, 2.75) is 32.4 Å². The van der Waals surface area contributed by atoms with Crippen LogP contribution in [-0.2, 0) is 4.79 Å². The molecule has 2 aliphatic heterocycles. The Morgan fingerprint density at radius 2 is 2.16 bits per heavy atom. The minimum absolute atomic E-state index is 0. The number of carbonyl (C=O) groups is 2. The lowest BCUT2D eigenvalue weighted by Crippen LogP contribution is -2.27. The fourth-order valence-electron chi connectivity index (χ4n) is 2.90. The van der Waals surface area contributed by atoms with Crippen LogP contribution in [0.5, 0.6) is 5.75 Å². The second-order valence-electron chi connectivity index (χ2n) is 6.21. The number of nitrogens with zero attached hydrogens (tertiary/aromatic N) is 1. The second kappa shape index (κ2) is 8.12. The summed E-state index contributed by atoms with van der Waals surface area (Å²) in [6.07, 6.45) is 2.70. The number of anilines is 1. The number of thioether (sulfide) groups is 1. The molecule has 6 nitrogen and oxygen atoms in total. The number of benzene rings is 1. The third-order valence-electron chi connectivity index (χ3n) is 3.86. The summed E-state index contributed by atoms with van der Waals surface area (Å²) in [6, 6.07) is 5.87. The Labute approximate surface area is 157 Å². The summed E-state index contributed by atoms with van der Waals surface area (Å²) in [4.78, 5) is 25.8. The molecule has 3 rings (SSSR count). The van der Waals surface area contributed by atoms with Crippen molar-refractivity contribution in [2.75, 3.05) is 18.0 Å². The van der Waals surface area contributed by atoms with Gasteiger partial charge >= 0.3 is 0 Å². The van der Waals surface area contributed by atoms with Gasteiger partial charge in [0, 0.05) is 24.7 Å². The van der Waals surface area contributed by atoms with E-state index < -0.39 is 0 Å². The summed E-state index contributed by atoms with van der Waals surface area (Å²) in [6.45, 7) is 5.54. The fraction of sp³-hybridized carbons (Fsp3) is 0.412. The zero-order chi connectivity index (χ0) is 17.3. The van der Waals surface area contributed by atoms with E-state index in [0.717, 1.165) is 48.3 Å². The van der Waals surface area contributed by atoms with Crippen LogP contribution >= 0.6 is 24.2 Å². The number of hydrogen-bond acceptors (Lipinski definition) is 6. The summed E-state index contributed by atoms with van der Waals surface area (Å²) < 4.78 is 5.96. The van der Waals surface area contributed by atoms with Crippen LogP contribution in [0.25, 0.3) is 6.08 Å². The Kier molecular flexibility index (Phi) is 6.37. The van der Waals surface area contributed by atoms with Gasteiger partial charge in [0.15, 0.2) is 0 Å². The van der Waals surface area contributed by atoms with Crippen LogP contribution < -0.4 is 20.7 Å². The highest BCUT2D eigenvalue weighted by molar-refractivity contribution is 8.18. The summed E-state index contributed by atoms with van der Waals surface area (Å²) in [5, 5.41) is 1.94. The van der Waals surface area contributed by atoms with E-state index in [9.17, 15) is 9.59 Å². The molecule has 0 bridgehead atoms. The normalized spacial score (nSPS) is 21.7. The first-order valence-corrected chi connectivity index (χ1v) is 8.80. The molecule has 2 saturated heterocycles. The van der Waals surface area contributed by atoms with Gasteiger partial charge in [-0.2, -0.15) is 0 Å². The zero-order valence-corrected chi connectivity index (χ0v) is 15.8. The number of halogens is 1. The van der Waals surface area contributed by atoms with E-state index in [0.29, 0.717) is 4.91 Å². The van der Waals surface area contributed by atoms with Gasteiger partial charge < -0.3 is 15.4 Å². The van der Waals surface area contributed by atoms with Crippen molar-refractivity contribution in [3.63, 3.8) is 0 Å². The first-order valence-electron chi connectivity index (χ1n) is 7.99. The topological polar surface area (TPSA) is 84.7 Å². The largest absolute Gasteiger partial charge is 0.489 e. The molecule has 0 aliphatic carbocycles. The lowest BCUT2D eigenvalue weighted by Gasteiger charge is -2.25. The third kappa shape index (κ3) is 4.48. The van der Waals surface area contributed by atoms with Crippen molar-refractivity contribution in [3.8, 4) is 5.75 Å². The minimum Gasteiger partial charge on any atom is -0.489 e. The molecular formula is C17H22ClN3O3S. The van der Waals surface area contributed by atoms with E-state index in [1.165, 1.54) is 0 Å². The first-order chi connectivity index (χ1) is 11.4. The van der Waals surface area contributed by atoms with E-state index in [1.807, 2.05) is 32.0 Å². The number of para-hydroxylation sites is 1. The highest BCUT2D eigenvalue weighted by Crippen LogP contribution is 2.38. The van der Waals surface area contributed by atoms with E-state index >= 15 is 0 Å². The highest BCUT2D eigenvalue weighted by Gasteiger charge is 2.28. The van der Waals surface area contributed by atoms with Crippen molar-refractivity contribution < 1.29 is 14.3 Å². The number of ether oxygens (including phenoxy) is 1. The van der Waals surface area contributed by atoms with Crippen LogP contribution in [0.15, 0.2) is 23.1 Å². The van der Waals surface area contributed by atoms with E-state index in [2.05, 4.69) is 10.2 Å². The predicted molar refractivity (Wildman–Crippen MR) is 103 cm³/mol. The standard InChI is InChI=1S/C17H21N3O3S.ClH/c1-10(2)23-13-5-3-4-11(8-14-16(21)19-17(22)24-14)15(13)20-7-6-12(18)9-20;/h3-5,8,10,12H,6-7,9,18H2,1-2H3,(H,19,21,22);1H. The molecule has 8 heteroatoms. The summed E-state index contributed by atoms with van der Waals surface area (Å²) >= 11 is 0.918. The summed E-state index contributed by atoms with van der Waals surface area (Å²) in [7, 11) is 0. The van der Waals surface area contributed by atoms with Gasteiger partial charge in [0.1, 0.15) is 5.75 Å². The summed E-state index contributed by atoms with van der Waals surface area (Å²) in [5.74, 6) is 0.410. The van der Waals surface area contributed by atoms with E-state index in [1.54, 1.807) is 6.08 Å². The van der Waals surface area contributed by atoms with Crippen LogP contribution in [-0.4, -0.2) is 36.4 Å². The molecule has 0 spiro atoms. The van der Waals surface area contributed by atoms with Crippen molar-refractivity contribution in [3.05, 3.63) is 28.7 Å². The van der Waals surface area contributed by atoms with Crippen LogP contribution in [0.1, 0.15) is 25.8 Å². The van der Waals surface area contributed by atoms with E-state index in [-0.39, 0.29) is 35.7 Å². The molecular weight excluding hydrogens is 362 g/mol. The molecule has 0 saturated carbocycles. The van der Waals surface area contributed by atoms with Crippen LogP contribution in [0, 0.1) is 0 Å². The molecule has 2 fully saturated rings. The Morgan fingerprint density at radius 1 is 1.40 bits per heavy atom. The Morgan fingerprint density at radius 3 is 2.72 bits per heavy atom. The Bertz CT molecular complexity index is 708. The second-order valence-corrected chi connectivity index (χ2v) is 7.22. The maximum atomic E-state index is 11.9. The molecule has 2 amide bonds. The Hall–Kier alpha value is -1.70. The van der Waals surface area contributed by atoms with Crippen LogP contribution in [0.2, 0.25) is 0 Å². The van der Waals surface area contributed by atoms with Crippen molar-refractivity contribution >= 4 is 47.1 Å². The summed E-state index contributed by atoms with van der Waals surface area (Å²) in [5.41, 5.74) is 7.84. The molecule has 2 heterocycles. The van der Waals surface area contributed by atoms with Gasteiger partial charge in [-0.25, -0.2) is 0 Å². The molecule has 3 N–H and O–H groups in total. The molecule has 1 aromatic rings. The molecule has 1 unspecified atom stereocenters. The minimum atomic E-state index is -0.357. The number of imide groups is 1. The molecule has 136 valence electrons. The molecule has 1 atom stereocenters. The molecule has 0 radical (unpaired) electrons. The predicted octanol–water partition coefficient (Wildman–Crippen LogP) is 2.76. The van der Waals surface area contributed by atoms with Crippen LogP contribution in [0.3, 0.4) is 0 Å². The number of carbonyl (C=O) groups excluding carboxylic acids is 2. The fourth-order valence-corrected chi connectivity index (χ4v) is 3.57. The van der Waals surface area contributed by atoms with Gasteiger partial charge in [-0.1, -0.05) is 12.1 Å². The van der Waals surface area contributed by atoms with Gasteiger partial charge in [0.05, 0.1) is 16.7 Å². The van der Waals surface area contributed by atoms with Gasteiger partial charge in [0.25, 0.3) is 11.1 Å². The van der Waals surface area contributed by atoms with Crippen molar-refractivity contribution in [2.24, 2.45) is 5.73 Å². The average molecular weight is 384 g/mol. The monoisotopic (exact) mass is 383 g/mol. The van der Waals surface area contributed by atoms with Gasteiger partial charge in [-0.3, -0.25) is 14.9 Å². The zero-order valence-electron chi connectivity index (χ0n) is 14.2. The highest BCUT2D eigenvalue weighted by atomic mass is 35.5. The number of rotatable bonds is 4. The maximum absolute atomic E-state index is 11.9. The number of nitrogens with one attached hydrogen (secondary N) is 1. The third-order valence-corrected chi connectivity index (χ3v) is 4.67. The van der Waals surface area contributed by atoms with Crippen molar-refractivity contribution in [1.29, 1.82) is 0 Å². The number of nitrogens with two attached hydrogens (primary N) is 1. The van der Waals surface area contributed by atoms with Crippen molar-refractivity contribution in [1.82, 2.24) is 5.32 Å². The van der Waals surface area contributed by atoms with Gasteiger partial charge in [0.2, 0.25) is 0 Å². The molecule has 0 aromatic heterocycles. The van der Waals surface area contributed by atoms with E-state index in [4.69, 9.17) is 10.5 Å². The number of amides is 2. The van der Waals surface area contributed by atoms with Crippen LogP contribution in [0.4, 0.5) is 10.5 Å². The smallest absolute Gasteiger partial charge is 0.290 e. The molecule has 2 aliphatic rings. The molecule has 1 aromatic carbocycles.